The van der Waals surface area contributed by atoms with E-state index >= 15 is 0 Å². The summed E-state index contributed by atoms with van der Waals surface area (Å²) in [6.07, 6.45) is 16.1. The van der Waals surface area contributed by atoms with Gasteiger partial charge in [0.2, 0.25) is 0 Å². The number of benzene rings is 11. The molecule has 0 radical (unpaired) electrons. The standard InChI is InChI=1S/C72H44O3/c1-3-16-43-39-66-61(34-41(43)14-1)59-37-46(28-31-63(59)73-66)69-50-20-7-5-18-48(50)68(49-19-6-8-21-51(49)69)45-30-33-65-58(36-45)56-26-13-27-57(72(56)75-65)71-54-24-11-9-22-52(54)70(53-23-10-12-25-55(53)71)47-29-32-64-60(38-47)62-35-42-15-2-4-17-44(42)40-67(62)74-64/h1-7,9-20,22-40,50,69H,8,21H2. The summed E-state index contributed by atoms with van der Waals surface area (Å²) in [6, 6.07) is 71.0. The van der Waals surface area contributed by atoms with Gasteiger partial charge < -0.3 is 13.3 Å². The van der Waals surface area contributed by atoms with Crippen LogP contribution in [0.1, 0.15) is 29.9 Å². The van der Waals surface area contributed by atoms with Crippen molar-refractivity contribution in [1.82, 2.24) is 0 Å². The first-order chi connectivity index (χ1) is 37.2. The van der Waals surface area contributed by atoms with Gasteiger partial charge in [-0.1, -0.05) is 175 Å². The molecule has 2 atom stereocenters. The number of allylic oxidation sites excluding steroid dienone is 10. The largest absolute Gasteiger partial charge is 0.456 e. The fraction of sp³-hybridized carbons (Fsp3) is 0.0556. The minimum Gasteiger partial charge on any atom is -0.456 e. The van der Waals surface area contributed by atoms with Crippen LogP contribution in [0.25, 0.3) is 137 Å². The molecule has 3 aliphatic carbocycles. The fourth-order valence-corrected chi connectivity index (χ4v) is 13.6. The Morgan fingerprint density at radius 2 is 0.933 bits per heavy atom. The molecule has 11 aromatic carbocycles. The predicted octanol–water partition coefficient (Wildman–Crippen LogP) is 20.3. The monoisotopic (exact) mass is 956 g/mol. The van der Waals surface area contributed by atoms with Crippen LogP contribution in [0.4, 0.5) is 0 Å². The maximum Gasteiger partial charge on any atom is 0.143 e. The molecule has 3 heteroatoms. The normalized spacial score (nSPS) is 16.7. The zero-order chi connectivity index (χ0) is 48.9. The van der Waals surface area contributed by atoms with Gasteiger partial charge in [-0.25, -0.2) is 0 Å². The van der Waals surface area contributed by atoms with Crippen LogP contribution in [0.3, 0.4) is 0 Å². The molecule has 14 aromatic rings. The molecule has 0 bridgehead atoms. The van der Waals surface area contributed by atoms with Crippen LogP contribution in [0, 0.1) is 5.92 Å². The fourth-order valence-electron chi connectivity index (χ4n) is 13.6. The van der Waals surface area contributed by atoms with E-state index in [0.29, 0.717) is 0 Å². The summed E-state index contributed by atoms with van der Waals surface area (Å²) in [6.45, 7) is 0. The molecule has 3 nitrogen and oxygen atoms in total. The predicted molar refractivity (Wildman–Crippen MR) is 312 cm³/mol. The highest BCUT2D eigenvalue weighted by Crippen LogP contribution is 2.54. The summed E-state index contributed by atoms with van der Waals surface area (Å²) in [4.78, 5) is 0. The zero-order valence-electron chi connectivity index (χ0n) is 40.7. The smallest absolute Gasteiger partial charge is 0.143 e. The molecule has 350 valence electrons. The lowest BCUT2D eigenvalue weighted by Crippen LogP contribution is -2.24. The molecule has 0 fully saturated rings. The molecule has 0 saturated carbocycles. The summed E-state index contributed by atoms with van der Waals surface area (Å²) in [7, 11) is 0. The lowest BCUT2D eigenvalue weighted by Gasteiger charge is -2.39. The average molecular weight is 957 g/mol. The van der Waals surface area contributed by atoms with Crippen LogP contribution in [-0.4, -0.2) is 0 Å². The Kier molecular flexibility index (Phi) is 8.51. The Morgan fingerprint density at radius 1 is 0.387 bits per heavy atom. The van der Waals surface area contributed by atoms with Crippen molar-refractivity contribution in [2.45, 2.75) is 18.8 Å². The highest BCUT2D eigenvalue weighted by Gasteiger charge is 2.37. The van der Waals surface area contributed by atoms with Crippen molar-refractivity contribution < 1.29 is 13.3 Å². The Labute approximate surface area is 430 Å². The summed E-state index contributed by atoms with van der Waals surface area (Å²) < 4.78 is 20.1. The van der Waals surface area contributed by atoms with Crippen molar-refractivity contribution in [1.29, 1.82) is 0 Å². The first-order valence-electron chi connectivity index (χ1n) is 26.3. The van der Waals surface area contributed by atoms with Gasteiger partial charge in [0.05, 0.1) is 0 Å². The minimum absolute atomic E-state index is 0.181. The first-order valence-corrected chi connectivity index (χ1v) is 26.3. The molecule has 75 heavy (non-hydrogen) atoms. The van der Waals surface area contributed by atoms with Crippen LogP contribution >= 0.6 is 0 Å². The van der Waals surface area contributed by atoms with E-state index in [1.165, 1.54) is 98.4 Å². The van der Waals surface area contributed by atoms with Crippen LogP contribution in [0.2, 0.25) is 0 Å². The van der Waals surface area contributed by atoms with Crippen molar-refractivity contribution in [2.24, 2.45) is 5.92 Å². The van der Waals surface area contributed by atoms with E-state index in [2.05, 4.69) is 231 Å². The van der Waals surface area contributed by atoms with E-state index in [0.717, 1.165) is 79.0 Å². The number of hydrogen-bond donors (Lipinski definition) is 0. The molecule has 17 rings (SSSR count). The van der Waals surface area contributed by atoms with E-state index < -0.39 is 0 Å². The first kappa shape index (κ1) is 41.1. The van der Waals surface area contributed by atoms with Crippen LogP contribution in [0.15, 0.2) is 261 Å². The Hall–Kier alpha value is -9.44. The SMILES string of the molecule is C1=CC2=C(c3ccc4oc5c(-c6c7ccccc7c(-c7ccc8oc9cc%10ccccc%10cc9c8c7)c7ccccc67)cccc5c4c3)C3=C(CCC=C3)C(c3ccc4oc5cc6ccccc6cc5c4c3)C2C=C1. The molecular formula is C72H44O3. The number of fused-ring (bicyclic) bond motifs is 14. The average Bonchev–Trinajstić information content (AvgIpc) is 4.18. The van der Waals surface area contributed by atoms with Crippen molar-refractivity contribution in [2.75, 3.05) is 0 Å². The number of furan rings is 3. The summed E-state index contributed by atoms with van der Waals surface area (Å²) in [5.74, 6) is 0.381. The van der Waals surface area contributed by atoms with E-state index in [1.54, 1.807) is 0 Å². The van der Waals surface area contributed by atoms with Crippen molar-refractivity contribution in [3.05, 3.63) is 258 Å². The van der Waals surface area contributed by atoms with Gasteiger partial charge in [-0.2, -0.15) is 0 Å². The third-order valence-electron chi connectivity index (χ3n) is 16.9. The number of hydrogen-bond acceptors (Lipinski definition) is 3. The van der Waals surface area contributed by atoms with Gasteiger partial charge in [0.25, 0.3) is 0 Å². The molecule has 0 amide bonds. The van der Waals surface area contributed by atoms with Gasteiger partial charge in [0.15, 0.2) is 0 Å². The molecule has 0 spiro atoms. The van der Waals surface area contributed by atoms with Gasteiger partial charge in [-0.05, 0) is 156 Å². The maximum atomic E-state index is 7.09. The minimum atomic E-state index is 0.181. The Morgan fingerprint density at radius 3 is 1.63 bits per heavy atom. The van der Waals surface area contributed by atoms with Gasteiger partial charge in [-0.15, -0.1) is 0 Å². The van der Waals surface area contributed by atoms with Crippen LogP contribution in [-0.2, 0) is 0 Å². The maximum absolute atomic E-state index is 7.09. The lowest BCUT2D eigenvalue weighted by atomic mass is 9.64. The van der Waals surface area contributed by atoms with E-state index in [9.17, 15) is 0 Å². The molecular weight excluding hydrogens is 913 g/mol. The van der Waals surface area contributed by atoms with Crippen LogP contribution < -0.4 is 0 Å². The molecule has 3 heterocycles. The molecule has 3 aliphatic rings. The Bertz CT molecular complexity index is 4960. The molecule has 0 saturated heterocycles. The summed E-state index contributed by atoms with van der Waals surface area (Å²) >= 11 is 0. The van der Waals surface area contributed by atoms with Gasteiger partial charge in [-0.3, -0.25) is 0 Å². The topological polar surface area (TPSA) is 39.4 Å². The Balaban J connectivity index is 0.815. The van der Waals surface area contributed by atoms with E-state index in [1.807, 2.05) is 0 Å². The second kappa shape index (κ2) is 15.5. The molecule has 0 N–H and O–H groups in total. The van der Waals surface area contributed by atoms with Crippen molar-refractivity contribution in [3.8, 4) is 22.3 Å². The molecule has 2 unspecified atom stereocenters. The summed E-state index contributed by atoms with van der Waals surface area (Å²) in [5.41, 5.74) is 18.2. The number of para-hydroxylation sites is 1. The second-order valence-electron chi connectivity index (χ2n) is 20.9. The van der Waals surface area contributed by atoms with Gasteiger partial charge in [0, 0.05) is 55.3 Å². The third kappa shape index (κ3) is 5.98. The highest BCUT2D eigenvalue weighted by atomic mass is 16.3. The van der Waals surface area contributed by atoms with Crippen LogP contribution in [0.5, 0.6) is 0 Å². The van der Waals surface area contributed by atoms with E-state index in [4.69, 9.17) is 13.3 Å². The number of rotatable bonds is 4. The highest BCUT2D eigenvalue weighted by molar-refractivity contribution is 6.25. The molecule has 3 aromatic heterocycles. The third-order valence-corrected chi connectivity index (χ3v) is 16.9. The van der Waals surface area contributed by atoms with Crippen molar-refractivity contribution >= 4 is 114 Å². The van der Waals surface area contributed by atoms with Gasteiger partial charge >= 0.3 is 0 Å². The second-order valence-corrected chi connectivity index (χ2v) is 20.9. The molecule has 0 aliphatic heterocycles. The quantitative estimate of drug-likeness (QED) is 0.165. The zero-order valence-corrected chi connectivity index (χ0v) is 40.7. The lowest BCUT2D eigenvalue weighted by molar-refractivity contribution is 0.608. The van der Waals surface area contributed by atoms with Gasteiger partial charge in [0.1, 0.15) is 33.5 Å². The van der Waals surface area contributed by atoms with Crippen molar-refractivity contribution in [3.63, 3.8) is 0 Å². The summed E-state index contributed by atoms with van der Waals surface area (Å²) in [5, 5.41) is 16.4. The van der Waals surface area contributed by atoms with E-state index in [-0.39, 0.29) is 11.8 Å².